The smallest absolute Gasteiger partial charge is 0.343 e. The van der Waals surface area contributed by atoms with Crippen LogP contribution in [-0.2, 0) is 0 Å². The molecule has 1 aliphatic carbocycles. The number of carbonyl (C=O) groups excluding carboxylic acids is 1. The monoisotopic (exact) mass is 534 g/mol. The minimum atomic E-state index is -0.377. The van der Waals surface area contributed by atoms with Gasteiger partial charge in [-0.25, -0.2) is 4.79 Å². The van der Waals surface area contributed by atoms with E-state index in [0.29, 0.717) is 17.9 Å². The predicted octanol–water partition coefficient (Wildman–Crippen LogP) is 9.97. The zero-order chi connectivity index (χ0) is 27.5. The first kappa shape index (κ1) is 30.8. The second-order valence-corrected chi connectivity index (χ2v) is 11.1. The van der Waals surface area contributed by atoms with E-state index in [1.54, 1.807) is 24.3 Å². The summed E-state index contributed by atoms with van der Waals surface area (Å²) in [7, 11) is 0. The second kappa shape index (κ2) is 18.5. The zero-order valence-electron chi connectivity index (χ0n) is 24.2. The van der Waals surface area contributed by atoms with Gasteiger partial charge in [0.05, 0.1) is 18.8 Å². The van der Waals surface area contributed by atoms with E-state index in [0.717, 1.165) is 55.6 Å². The standard InChI is InChI=1S/C35H50O4/c1-3-5-7-8-9-11-27-37-32-21-19-31(20-22-32)35(36)39-34-25-23-33(24-26-34)38-28-12-14-30-17-15-29(16-18-30)13-10-6-4-2/h3,19-26,29-30H,1,4-18,27-28H2,2H3. The molecule has 3 rings (SSSR count). The number of hydrogen-bond donors (Lipinski definition) is 0. The van der Waals surface area contributed by atoms with Gasteiger partial charge in [-0.15, -0.1) is 6.58 Å². The molecular weight excluding hydrogens is 484 g/mol. The van der Waals surface area contributed by atoms with Crippen LogP contribution in [0.4, 0.5) is 0 Å². The molecule has 0 heterocycles. The molecule has 39 heavy (non-hydrogen) atoms. The lowest BCUT2D eigenvalue weighted by molar-refractivity contribution is 0.0734. The Balaban J connectivity index is 1.28. The molecule has 0 saturated heterocycles. The lowest BCUT2D eigenvalue weighted by Crippen LogP contribution is -2.15. The predicted molar refractivity (Wildman–Crippen MR) is 161 cm³/mol. The molecule has 0 spiro atoms. The third-order valence-corrected chi connectivity index (χ3v) is 7.90. The fraction of sp³-hybridized carbons (Fsp3) is 0.571. The Labute approximate surface area is 237 Å². The van der Waals surface area contributed by atoms with E-state index in [1.807, 2.05) is 30.3 Å². The van der Waals surface area contributed by atoms with E-state index in [9.17, 15) is 4.79 Å². The van der Waals surface area contributed by atoms with Gasteiger partial charge in [-0.05, 0) is 92.5 Å². The molecule has 0 amide bonds. The topological polar surface area (TPSA) is 44.8 Å². The highest BCUT2D eigenvalue weighted by molar-refractivity contribution is 5.91. The third kappa shape index (κ3) is 12.3. The first-order valence-electron chi connectivity index (χ1n) is 15.5. The van der Waals surface area contributed by atoms with E-state index in [1.165, 1.54) is 70.6 Å². The first-order chi connectivity index (χ1) is 19.2. The van der Waals surface area contributed by atoms with Crippen molar-refractivity contribution in [2.24, 2.45) is 11.8 Å². The van der Waals surface area contributed by atoms with Crippen LogP contribution in [0.1, 0.15) is 114 Å². The third-order valence-electron chi connectivity index (χ3n) is 7.90. The number of rotatable bonds is 19. The van der Waals surface area contributed by atoms with E-state index >= 15 is 0 Å². The van der Waals surface area contributed by atoms with Crippen LogP contribution in [0.5, 0.6) is 17.2 Å². The van der Waals surface area contributed by atoms with Crippen LogP contribution >= 0.6 is 0 Å². The highest BCUT2D eigenvalue weighted by Crippen LogP contribution is 2.34. The quantitative estimate of drug-likeness (QED) is 0.0778. The molecule has 2 aromatic carbocycles. The lowest BCUT2D eigenvalue weighted by Gasteiger charge is -2.28. The summed E-state index contributed by atoms with van der Waals surface area (Å²) in [5, 5.41) is 0. The van der Waals surface area contributed by atoms with Crippen molar-refractivity contribution in [3.63, 3.8) is 0 Å². The lowest BCUT2D eigenvalue weighted by atomic mass is 9.78. The van der Waals surface area contributed by atoms with Crippen LogP contribution in [0.25, 0.3) is 0 Å². The molecule has 0 N–H and O–H groups in total. The number of carbonyl (C=O) groups is 1. The molecule has 4 nitrogen and oxygen atoms in total. The van der Waals surface area contributed by atoms with Gasteiger partial charge in [0.1, 0.15) is 17.2 Å². The Hall–Kier alpha value is -2.75. The minimum absolute atomic E-state index is 0.377. The van der Waals surface area contributed by atoms with Gasteiger partial charge in [0, 0.05) is 0 Å². The van der Waals surface area contributed by atoms with E-state index < -0.39 is 0 Å². The van der Waals surface area contributed by atoms with Crippen LogP contribution in [0.15, 0.2) is 61.2 Å². The highest BCUT2D eigenvalue weighted by Gasteiger charge is 2.20. The maximum absolute atomic E-state index is 12.5. The average molecular weight is 535 g/mol. The molecule has 2 aromatic rings. The van der Waals surface area contributed by atoms with Crippen molar-refractivity contribution >= 4 is 5.97 Å². The largest absolute Gasteiger partial charge is 0.494 e. The molecule has 0 atom stereocenters. The van der Waals surface area contributed by atoms with Crippen LogP contribution in [0.3, 0.4) is 0 Å². The Bertz CT molecular complexity index is 926. The van der Waals surface area contributed by atoms with Crippen molar-refractivity contribution in [3.05, 3.63) is 66.7 Å². The molecule has 4 heteroatoms. The highest BCUT2D eigenvalue weighted by atomic mass is 16.5. The molecule has 1 fully saturated rings. The number of unbranched alkanes of at least 4 members (excludes halogenated alkanes) is 6. The first-order valence-corrected chi connectivity index (χ1v) is 15.5. The van der Waals surface area contributed by atoms with Crippen LogP contribution in [0, 0.1) is 11.8 Å². The Morgan fingerprint density at radius 2 is 1.26 bits per heavy atom. The SMILES string of the molecule is C=CCCCCCCOc1ccc(C(=O)Oc2ccc(OCCCC3CCC(CCCCC)CC3)cc2)cc1. The van der Waals surface area contributed by atoms with Gasteiger partial charge in [0.25, 0.3) is 0 Å². The Morgan fingerprint density at radius 1 is 0.718 bits per heavy atom. The van der Waals surface area contributed by atoms with Crippen molar-refractivity contribution in [2.75, 3.05) is 13.2 Å². The summed E-state index contributed by atoms with van der Waals surface area (Å²) in [5.41, 5.74) is 0.502. The molecule has 0 aliphatic heterocycles. The van der Waals surface area contributed by atoms with Gasteiger partial charge in [-0.1, -0.05) is 77.2 Å². The fourth-order valence-corrected chi connectivity index (χ4v) is 5.45. The number of ether oxygens (including phenoxy) is 3. The van der Waals surface area contributed by atoms with Crippen molar-refractivity contribution in [1.29, 1.82) is 0 Å². The van der Waals surface area contributed by atoms with Crippen LogP contribution in [-0.4, -0.2) is 19.2 Å². The summed E-state index contributed by atoms with van der Waals surface area (Å²) in [5.74, 6) is 3.57. The number of benzene rings is 2. The molecule has 0 radical (unpaired) electrons. The molecule has 1 aliphatic rings. The number of esters is 1. The second-order valence-electron chi connectivity index (χ2n) is 11.1. The molecule has 214 valence electrons. The fourth-order valence-electron chi connectivity index (χ4n) is 5.45. The van der Waals surface area contributed by atoms with Crippen molar-refractivity contribution in [1.82, 2.24) is 0 Å². The summed E-state index contributed by atoms with van der Waals surface area (Å²) in [6, 6.07) is 14.5. The summed E-state index contributed by atoms with van der Waals surface area (Å²) < 4.78 is 17.3. The van der Waals surface area contributed by atoms with Crippen LogP contribution in [0.2, 0.25) is 0 Å². The molecular formula is C35H50O4. The van der Waals surface area contributed by atoms with Crippen LogP contribution < -0.4 is 14.2 Å². The summed E-state index contributed by atoms with van der Waals surface area (Å²) in [6.45, 7) is 7.46. The molecule has 0 unspecified atom stereocenters. The van der Waals surface area contributed by atoms with Crippen molar-refractivity contribution in [2.45, 2.75) is 103 Å². The minimum Gasteiger partial charge on any atom is -0.494 e. The maximum Gasteiger partial charge on any atom is 0.343 e. The Morgan fingerprint density at radius 3 is 1.87 bits per heavy atom. The molecule has 0 aromatic heterocycles. The van der Waals surface area contributed by atoms with Crippen molar-refractivity contribution in [3.8, 4) is 17.2 Å². The van der Waals surface area contributed by atoms with Gasteiger partial charge in [0.15, 0.2) is 0 Å². The van der Waals surface area contributed by atoms with Crippen molar-refractivity contribution < 1.29 is 19.0 Å². The maximum atomic E-state index is 12.5. The average Bonchev–Trinajstić information content (AvgIpc) is 2.97. The molecule has 1 saturated carbocycles. The normalized spacial score (nSPS) is 16.9. The zero-order valence-corrected chi connectivity index (χ0v) is 24.2. The van der Waals surface area contributed by atoms with Gasteiger partial charge in [0.2, 0.25) is 0 Å². The summed E-state index contributed by atoms with van der Waals surface area (Å²) >= 11 is 0. The van der Waals surface area contributed by atoms with E-state index in [4.69, 9.17) is 14.2 Å². The van der Waals surface area contributed by atoms with Gasteiger partial charge >= 0.3 is 5.97 Å². The molecule has 0 bridgehead atoms. The van der Waals surface area contributed by atoms with E-state index in [-0.39, 0.29) is 5.97 Å². The van der Waals surface area contributed by atoms with E-state index in [2.05, 4.69) is 13.5 Å². The van der Waals surface area contributed by atoms with Gasteiger partial charge in [-0.2, -0.15) is 0 Å². The van der Waals surface area contributed by atoms with Gasteiger partial charge < -0.3 is 14.2 Å². The Kier molecular flexibility index (Phi) is 14.6. The number of hydrogen-bond acceptors (Lipinski definition) is 4. The van der Waals surface area contributed by atoms with Gasteiger partial charge in [-0.3, -0.25) is 0 Å². The number of allylic oxidation sites excluding steroid dienone is 1. The summed E-state index contributed by atoms with van der Waals surface area (Å²) in [6.07, 6.45) is 21.2. The summed E-state index contributed by atoms with van der Waals surface area (Å²) in [4.78, 5) is 12.5.